The summed E-state index contributed by atoms with van der Waals surface area (Å²) in [7, 11) is 0. The number of rotatable bonds is 3. The van der Waals surface area contributed by atoms with E-state index in [4.69, 9.17) is 4.52 Å². The lowest BCUT2D eigenvalue weighted by molar-refractivity contribution is 0.417. The van der Waals surface area contributed by atoms with Crippen molar-refractivity contribution in [3.05, 3.63) is 40.1 Å². The third-order valence-corrected chi connectivity index (χ3v) is 3.62. The molecule has 0 bridgehead atoms. The first-order chi connectivity index (χ1) is 9.61. The molecular weight excluding hydrogens is 278 g/mol. The van der Waals surface area contributed by atoms with E-state index in [9.17, 15) is 10.2 Å². The van der Waals surface area contributed by atoms with Gasteiger partial charge in [-0.15, -0.1) is 11.3 Å². The van der Waals surface area contributed by atoms with Crippen molar-refractivity contribution >= 4 is 11.3 Å². The topological polar surface area (TPSA) is 92.3 Å². The van der Waals surface area contributed by atoms with Gasteiger partial charge in [0.25, 0.3) is 5.89 Å². The molecule has 0 unspecified atom stereocenters. The van der Waals surface area contributed by atoms with Gasteiger partial charge < -0.3 is 14.7 Å². The summed E-state index contributed by atoms with van der Waals surface area (Å²) in [5, 5.41) is 25.7. The summed E-state index contributed by atoms with van der Waals surface area (Å²) in [5.41, 5.74) is 1.35. The Hall–Kier alpha value is -2.41. The van der Waals surface area contributed by atoms with Crippen molar-refractivity contribution in [2.45, 2.75) is 13.3 Å². The Morgan fingerprint density at radius 3 is 2.80 bits per heavy atom. The lowest BCUT2D eigenvalue weighted by Crippen LogP contribution is -1.90. The van der Waals surface area contributed by atoms with Crippen LogP contribution in [0.1, 0.15) is 16.5 Å². The van der Waals surface area contributed by atoms with Gasteiger partial charge in [-0.1, -0.05) is 5.16 Å². The highest BCUT2D eigenvalue weighted by molar-refractivity contribution is 7.09. The Kier molecular flexibility index (Phi) is 3.11. The van der Waals surface area contributed by atoms with E-state index in [2.05, 4.69) is 15.1 Å². The van der Waals surface area contributed by atoms with Crippen molar-refractivity contribution in [1.82, 2.24) is 15.1 Å². The van der Waals surface area contributed by atoms with Crippen molar-refractivity contribution in [2.24, 2.45) is 0 Å². The highest BCUT2D eigenvalue weighted by atomic mass is 32.1. The molecule has 0 atom stereocenters. The number of hydrogen-bond acceptors (Lipinski definition) is 7. The number of aromatic hydroxyl groups is 2. The standard InChI is InChI=1S/C13H11N3O3S/c1-7-6-20-12(14-7)5-11-15-13(19-16-11)9-3-2-8(17)4-10(9)18/h2-4,6,17-18H,5H2,1H3. The monoisotopic (exact) mass is 289 g/mol. The lowest BCUT2D eigenvalue weighted by Gasteiger charge is -1.98. The molecule has 0 saturated heterocycles. The van der Waals surface area contributed by atoms with Crippen LogP contribution < -0.4 is 0 Å². The van der Waals surface area contributed by atoms with Crippen molar-refractivity contribution in [2.75, 3.05) is 0 Å². The number of nitrogens with zero attached hydrogens (tertiary/aromatic N) is 3. The lowest BCUT2D eigenvalue weighted by atomic mass is 10.2. The fraction of sp³-hybridized carbons (Fsp3) is 0.154. The fourth-order valence-corrected chi connectivity index (χ4v) is 2.52. The summed E-state index contributed by atoms with van der Waals surface area (Å²) < 4.78 is 5.12. The fourth-order valence-electron chi connectivity index (χ4n) is 1.76. The number of phenolic OH excluding ortho intramolecular Hbond substituents is 2. The molecule has 20 heavy (non-hydrogen) atoms. The first kappa shape index (κ1) is 12.6. The van der Waals surface area contributed by atoms with E-state index in [-0.39, 0.29) is 17.4 Å². The number of phenols is 2. The molecule has 6 nitrogen and oxygen atoms in total. The Morgan fingerprint density at radius 2 is 2.10 bits per heavy atom. The third kappa shape index (κ3) is 2.48. The number of aromatic nitrogens is 3. The largest absolute Gasteiger partial charge is 0.508 e. The minimum atomic E-state index is -0.106. The molecule has 2 N–H and O–H groups in total. The van der Waals surface area contributed by atoms with Crippen LogP contribution in [0.2, 0.25) is 0 Å². The average Bonchev–Trinajstić information content (AvgIpc) is 2.99. The van der Waals surface area contributed by atoms with E-state index >= 15 is 0 Å². The van der Waals surface area contributed by atoms with E-state index in [1.54, 1.807) is 0 Å². The molecule has 2 heterocycles. The quantitative estimate of drug-likeness (QED) is 0.769. The molecule has 102 valence electrons. The van der Waals surface area contributed by atoms with Crippen molar-refractivity contribution in [3.8, 4) is 23.0 Å². The second kappa shape index (κ2) is 4.93. The van der Waals surface area contributed by atoms with Crippen LogP contribution in [-0.4, -0.2) is 25.3 Å². The summed E-state index contributed by atoms with van der Waals surface area (Å²) >= 11 is 1.54. The smallest absolute Gasteiger partial charge is 0.261 e. The predicted molar refractivity (Wildman–Crippen MR) is 72.7 cm³/mol. The molecule has 0 aliphatic heterocycles. The van der Waals surface area contributed by atoms with Crippen LogP contribution in [0.25, 0.3) is 11.5 Å². The molecule has 1 aromatic carbocycles. The van der Waals surface area contributed by atoms with Crippen molar-refractivity contribution in [1.29, 1.82) is 0 Å². The molecule has 0 amide bonds. The van der Waals surface area contributed by atoms with Gasteiger partial charge in [0.2, 0.25) is 0 Å². The summed E-state index contributed by atoms with van der Waals surface area (Å²) in [5.74, 6) is 0.585. The van der Waals surface area contributed by atoms with Gasteiger partial charge in [0.05, 0.1) is 12.0 Å². The zero-order valence-electron chi connectivity index (χ0n) is 10.6. The van der Waals surface area contributed by atoms with Gasteiger partial charge in [-0.2, -0.15) is 4.98 Å². The van der Waals surface area contributed by atoms with Gasteiger partial charge in [0.1, 0.15) is 16.5 Å². The molecule has 0 saturated carbocycles. The van der Waals surface area contributed by atoms with Gasteiger partial charge in [-0.05, 0) is 19.1 Å². The highest BCUT2D eigenvalue weighted by Gasteiger charge is 2.14. The second-order valence-electron chi connectivity index (χ2n) is 4.28. The zero-order valence-corrected chi connectivity index (χ0v) is 11.4. The Balaban J connectivity index is 1.86. The van der Waals surface area contributed by atoms with Gasteiger partial charge in [-0.3, -0.25) is 0 Å². The third-order valence-electron chi connectivity index (χ3n) is 2.66. The SMILES string of the molecule is Cc1csc(Cc2noc(-c3ccc(O)cc3O)n2)n1. The molecule has 0 aliphatic rings. The van der Waals surface area contributed by atoms with Crippen LogP contribution in [-0.2, 0) is 6.42 Å². The van der Waals surface area contributed by atoms with Crippen LogP contribution in [0, 0.1) is 6.92 Å². The molecule has 0 spiro atoms. The summed E-state index contributed by atoms with van der Waals surface area (Å²) in [4.78, 5) is 8.55. The van der Waals surface area contributed by atoms with Gasteiger partial charge in [0, 0.05) is 17.1 Å². The maximum absolute atomic E-state index is 9.75. The van der Waals surface area contributed by atoms with E-state index in [0.29, 0.717) is 17.8 Å². The Labute approximate surface area is 118 Å². The summed E-state index contributed by atoms with van der Waals surface area (Å²) in [6.45, 7) is 1.93. The van der Waals surface area contributed by atoms with Gasteiger partial charge in [0.15, 0.2) is 5.82 Å². The molecule has 2 aromatic heterocycles. The van der Waals surface area contributed by atoms with E-state index < -0.39 is 0 Å². The van der Waals surface area contributed by atoms with Crippen LogP contribution in [0.4, 0.5) is 0 Å². The molecular formula is C13H11N3O3S. The average molecular weight is 289 g/mol. The normalized spacial score (nSPS) is 10.8. The minimum absolute atomic E-state index is 0.0238. The number of aryl methyl sites for hydroxylation is 1. The summed E-state index contributed by atoms with van der Waals surface area (Å²) in [6.07, 6.45) is 0.487. The van der Waals surface area contributed by atoms with Crippen LogP contribution >= 0.6 is 11.3 Å². The second-order valence-corrected chi connectivity index (χ2v) is 5.22. The first-order valence-electron chi connectivity index (χ1n) is 5.88. The van der Waals surface area contributed by atoms with Crippen LogP contribution in [0.3, 0.4) is 0 Å². The van der Waals surface area contributed by atoms with E-state index in [1.807, 2.05) is 12.3 Å². The molecule has 3 rings (SSSR count). The number of thiazole rings is 1. The molecule has 7 heteroatoms. The van der Waals surface area contributed by atoms with Crippen LogP contribution in [0.15, 0.2) is 28.1 Å². The Bertz CT molecular complexity index is 751. The van der Waals surface area contributed by atoms with Gasteiger partial charge in [-0.25, -0.2) is 4.98 Å². The predicted octanol–water partition coefficient (Wildman–Crippen LogP) is 2.50. The maximum Gasteiger partial charge on any atom is 0.261 e. The molecule has 0 aliphatic carbocycles. The van der Waals surface area contributed by atoms with Crippen molar-refractivity contribution in [3.63, 3.8) is 0 Å². The molecule has 3 aromatic rings. The van der Waals surface area contributed by atoms with Crippen molar-refractivity contribution < 1.29 is 14.7 Å². The van der Waals surface area contributed by atoms with Crippen LogP contribution in [0.5, 0.6) is 11.5 Å². The Morgan fingerprint density at radius 1 is 1.25 bits per heavy atom. The van der Waals surface area contributed by atoms with E-state index in [1.165, 1.54) is 29.5 Å². The maximum atomic E-state index is 9.75. The molecule has 0 fully saturated rings. The number of benzene rings is 1. The van der Waals surface area contributed by atoms with E-state index in [0.717, 1.165) is 10.7 Å². The first-order valence-corrected chi connectivity index (χ1v) is 6.76. The zero-order chi connectivity index (χ0) is 14.1. The highest BCUT2D eigenvalue weighted by Crippen LogP contribution is 2.31. The number of hydrogen-bond donors (Lipinski definition) is 2. The minimum Gasteiger partial charge on any atom is -0.508 e. The molecule has 0 radical (unpaired) electrons. The van der Waals surface area contributed by atoms with Gasteiger partial charge >= 0.3 is 0 Å². The summed E-state index contributed by atoms with van der Waals surface area (Å²) in [6, 6.07) is 4.20.